The summed E-state index contributed by atoms with van der Waals surface area (Å²) >= 11 is 0. The number of pyridine rings is 1. The number of para-hydroxylation sites is 1. The van der Waals surface area contributed by atoms with Crippen molar-refractivity contribution in [2.24, 2.45) is 0 Å². The fourth-order valence-electron chi connectivity index (χ4n) is 2.10. The molecule has 1 aromatic heterocycles. The van der Waals surface area contributed by atoms with Crippen LogP contribution in [-0.2, 0) is 6.42 Å². The molecule has 0 unspecified atom stereocenters. The van der Waals surface area contributed by atoms with Crippen LogP contribution < -0.4 is 10.6 Å². The molecule has 0 saturated heterocycles. The highest BCUT2D eigenvalue weighted by atomic mass is 16.2. The van der Waals surface area contributed by atoms with Crippen LogP contribution in [0.1, 0.15) is 33.3 Å². The van der Waals surface area contributed by atoms with Gasteiger partial charge in [-0.3, -0.25) is 14.6 Å². The van der Waals surface area contributed by atoms with Crippen molar-refractivity contribution in [1.82, 2.24) is 10.3 Å². The molecule has 5 nitrogen and oxygen atoms in total. The molecule has 0 bridgehead atoms. The van der Waals surface area contributed by atoms with Gasteiger partial charge in [-0.05, 0) is 30.2 Å². The van der Waals surface area contributed by atoms with Gasteiger partial charge in [0.25, 0.3) is 11.8 Å². The van der Waals surface area contributed by atoms with E-state index in [0.717, 1.165) is 17.7 Å². The van der Waals surface area contributed by atoms with E-state index >= 15 is 0 Å². The highest BCUT2D eigenvalue weighted by molar-refractivity contribution is 6.05. The first-order valence-corrected chi connectivity index (χ1v) is 7.40. The summed E-state index contributed by atoms with van der Waals surface area (Å²) in [6, 6.07) is 10.6. The third kappa shape index (κ3) is 4.26. The van der Waals surface area contributed by atoms with E-state index in [0.29, 0.717) is 12.1 Å². The van der Waals surface area contributed by atoms with Gasteiger partial charge in [-0.1, -0.05) is 31.2 Å². The lowest BCUT2D eigenvalue weighted by Gasteiger charge is -2.10. The number of rotatable bonds is 6. The highest BCUT2D eigenvalue weighted by Gasteiger charge is 2.12. The average Bonchev–Trinajstić information content (AvgIpc) is 2.60. The fourth-order valence-corrected chi connectivity index (χ4v) is 2.10. The molecular weight excluding hydrogens is 290 g/mol. The van der Waals surface area contributed by atoms with Gasteiger partial charge in [-0.2, -0.15) is 0 Å². The summed E-state index contributed by atoms with van der Waals surface area (Å²) in [6.45, 7) is 5.93. The molecule has 0 saturated carbocycles. The number of hydrogen-bond donors (Lipinski definition) is 2. The number of hydrogen-bond acceptors (Lipinski definition) is 3. The highest BCUT2D eigenvalue weighted by Crippen LogP contribution is 2.16. The normalized spacial score (nSPS) is 9.96. The minimum atomic E-state index is -0.343. The van der Waals surface area contributed by atoms with Gasteiger partial charge in [0.1, 0.15) is 5.69 Å². The molecule has 2 rings (SSSR count). The van der Waals surface area contributed by atoms with Crippen molar-refractivity contribution in [3.8, 4) is 0 Å². The summed E-state index contributed by atoms with van der Waals surface area (Å²) in [7, 11) is 0. The maximum absolute atomic E-state index is 12.3. The number of benzene rings is 1. The SMILES string of the molecule is C=CCNC(=O)c1ccnc(C(=O)Nc2ccccc2CC)c1. The molecule has 23 heavy (non-hydrogen) atoms. The van der Waals surface area contributed by atoms with Crippen molar-refractivity contribution in [1.29, 1.82) is 0 Å². The van der Waals surface area contributed by atoms with Crippen LogP contribution in [0.15, 0.2) is 55.3 Å². The Bertz CT molecular complexity index is 726. The van der Waals surface area contributed by atoms with Crippen molar-refractivity contribution >= 4 is 17.5 Å². The summed E-state index contributed by atoms with van der Waals surface area (Å²) in [5.41, 5.74) is 2.38. The number of anilines is 1. The molecule has 2 aromatic rings. The fraction of sp³-hybridized carbons (Fsp3) is 0.167. The topological polar surface area (TPSA) is 71.1 Å². The van der Waals surface area contributed by atoms with Gasteiger partial charge in [-0.25, -0.2) is 0 Å². The molecule has 0 fully saturated rings. The number of nitrogens with zero attached hydrogens (tertiary/aromatic N) is 1. The van der Waals surface area contributed by atoms with Crippen LogP contribution in [0.3, 0.4) is 0 Å². The van der Waals surface area contributed by atoms with E-state index in [4.69, 9.17) is 0 Å². The third-order valence-corrected chi connectivity index (χ3v) is 3.31. The molecule has 5 heteroatoms. The van der Waals surface area contributed by atoms with E-state index in [9.17, 15) is 9.59 Å². The van der Waals surface area contributed by atoms with Crippen LogP contribution in [-0.4, -0.2) is 23.3 Å². The quantitative estimate of drug-likeness (QED) is 0.806. The Kier molecular flexibility index (Phi) is 5.63. The number of carbonyl (C=O) groups excluding carboxylic acids is 2. The van der Waals surface area contributed by atoms with Crippen molar-refractivity contribution in [3.05, 3.63) is 72.1 Å². The van der Waals surface area contributed by atoms with E-state index in [2.05, 4.69) is 22.2 Å². The van der Waals surface area contributed by atoms with E-state index in [1.54, 1.807) is 12.1 Å². The molecule has 1 heterocycles. The first-order valence-electron chi connectivity index (χ1n) is 7.40. The number of amides is 2. The summed E-state index contributed by atoms with van der Waals surface area (Å²) in [4.78, 5) is 28.3. The zero-order valence-corrected chi connectivity index (χ0v) is 13.0. The zero-order valence-electron chi connectivity index (χ0n) is 13.0. The molecule has 0 aliphatic carbocycles. The van der Waals surface area contributed by atoms with Gasteiger partial charge in [0.05, 0.1) is 0 Å². The number of carbonyl (C=O) groups is 2. The second-order valence-electron chi connectivity index (χ2n) is 4.89. The lowest BCUT2D eigenvalue weighted by atomic mass is 10.1. The molecule has 0 spiro atoms. The summed E-state index contributed by atoms with van der Waals surface area (Å²) < 4.78 is 0. The van der Waals surface area contributed by atoms with Crippen molar-refractivity contribution in [3.63, 3.8) is 0 Å². The van der Waals surface area contributed by atoms with Gasteiger partial charge in [0.15, 0.2) is 0 Å². The van der Waals surface area contributed by atoms with E-state index in [1.165, 1.54) is 12.3 Å². The molecule has 1 aromatic carbocycles. The first-order chi connectivity index (χ1) is 11.2. The minimum absolute atomic E-state index is 0.196. The largest absolute Gasteiger partial charge is 0.349 e. The van der Waals surface area contributed by atoms with Crippen molar-refractivity contribution in [2.75, 3.05) is 11.9 Å². The van der Waals surface area contributed by atoms with Crippen LogP contribution in [0.4, 0.5) is 5.69 Å². The molecule has 0 aliphatic heterocycles. The molecule has 0 aliphatic rings. The van der Waals surface area contributed by atoms with Gasteiger partial charge in [0, 0.05) is 24.0 Å². The Labute approximate surface area is 135 Å². The number of nitrogens with one attached hydrogen (secondary N) is 2. The van der Waals surface area contributed by atoms with Gasteiger partial charge >= 0.3 is 0 Å². The summed E-state index contributed by atoms with van der Waals surface area (Å²) in [5, 5.41) is 5.50. The second kappa shape index (κ2) is 7.89. The van der Waals surface area contributed by atoms with E-state index in [1.807, 2.05) is 31.2 Å². The average molecular weight is 309 g/mol. The zero-order chi connectivity index (χ0) is 16.7. The van der Waals surface area contributed by atoms with Crippen LogP contribution in [0.2, 0.25) is 0 Å². The molecule has 0 atom stereocenters. The van der Waals surface area contributed by atoms with Crippen LogP contribution in [0.25, 0.3) is 0 Å². The standard InChI is InChI=1S/C18H19N3O2/c1-3-10-20-17(22)14-9-11-19-16(12-14)18(23)21-15-8-6-5-7-13(15)4-2/h3,5-9,11-12H,1,4,10H2,2H3,(H,20,22)(H,21,23). The van der Waals surface area contributed by atoms with Crippen molar-refractivity contribution in [2.45, 2.75) is 13.3 Å². The van der Waals surface area contributed by atoms with E-state index < -0.39 is 0 Å². The van der Waals surface area contributed by atoms with Crippen LogP contribution >= 0.6 is 0 Å². The molecular formula is C18H19N3O2. The second-order valence-corrected chi connectivity index (χ2v) is 4.89. The van der Waals surface area contributed by atoms with Gasteiger partial charge in [-0.15, -0.1) is 6.58 Å². The lowest BCUT2D eigenvalue weighted by Crippen LogP contribution is -2.24. The molecule has 0 radical (unpaired) electrons. The Morgan fingerprint density at radius 2 is 2.00 bits per heavy atom. The summed E-state index contributed by atoms with van der Waals surface area (Å²) in [6.07, 6.45) is 3.85. The van der Waals surface area contributed by atoms with Crippen molar-refractivity contribution < 1.29 is 9.59 Å². The maximum Gasteiger partial charge on any atom is 0.274 e. The Morgan fingerprint density at radius 3 is 2.74 bits per heavy atom. The predicted octanol–water partition coefficient (Wildman–Crippen LogP) is 2.81. The lowest BCUT2D eigenvalue weighted by molar-refractivity contribution is 0.0958. The Balaban J connectivity index is 2.16. The predicted molar refractivity (Wildman–Crippen MR) is 90.5 cm³/mol. The Morgan fingerprint density at radius 1 is 1.22 bits per heavy atom. The maximum atomic E-state index is 12.3. The summed E-state index contributed by atoms with van der Waals surface area (Å²) in [5.74, 6) is -0.612. The smallest absolute Gasteiger partial charge is 0.274 e. The molecule has 118 valence electrons. The number of aryl methyl sites for hydroxylation is 1. The van der Waals surface area contributed by atoms with Gasteiger partial charge < -0.3 is 10.6 Å². The van der Waals surface area contributed by atoms with E-state index in [-0.39, 0.29) is 17.5 Å². The molecule has 2 N–H and O–H groups in total. The monoisotopic (exact) mass is 309 g/mol. The van der Waals surface area contributed by atoms with Crippen LogP contribution in [0, 0.1) is 0 Å². The van der Waals surface area contributed by atoms with Gasteiger partial charge in [0.2, 0.25) is 0 Å². The Hall–Kier alpha value is -2.95. The minimum Gasteiger partial charge on any atom is -0.349 e. The number of aromatic nitrogens is 1. The first kappa shape index (κ1) is 16.4. The third-order valence-electron chi connectivity index (χ3n) is 3.31. The molecule has 2 amide bonds. The van der Waals surface area contributed by atoms with Crippen LogP contribution in [0.5, 0.6) is 0 Å².